The van der Waals surface area contributed by atoms with Gasteiger partial charge in [-0.15, -0.1) is 0 Å². The lowest BCUT2D eigenvalue weighted by Gasteiger charge is -2.23. The van der Waals surface area contributed by atoms with Gasteiger partial charge in [0, 0.05) is 35.1 Å². The summed E-state index contributed by atoms with van der Waals surface area (Å²) >= 11 is 0. The molecule has 2 amide bonds. The largest absolute Gasteiger partial charge is 0.493 e. The van der Waals surface area contributed by atoms with E-state index in [1.165, 1.54) is 36.4 Å². The van der Waals surface area contributed by atoms with Gasteiger partial charge >= 0.3 is 0 Å². The van der Waals surface area contributed by atoms with Crippen molar-refractivity contribution in [2.75, 3.05) is 37.4 Å². The molecule has 0 bridgehead atoms. The van der Waals surface area contributed by atoms with Crippen LogP contribution in [0.15, 0.2) is 66.9 Å². The summed E-state index contributed by atoms with van der Waals surface area (Å²) in [4.78, 5) is 30.5. The Kier molecular flexibility index (Phi) is 8.77. The van der Waals surface area contributed by atoms with Crippen LogP contribution >= 0.6 is 0 Å². The number of rotatable bonds is 10. The number of carbonyl (C=O) groups is 2. The van der Waals surface area contributed by atoms with E-state index in [1.54, 1.807) is 37.6 Å². The molecule has 9 nitrogen and oxygen atoms in total. The summed E-state index contributed by atoms with van der Waals surface area (Å²) in [5.41, 5.74) is 0.649. The number of methoxy groups -OCH3 is 1. The van der Waals surface area contributed by atoms with E-state index in [9.17, 15) is 14.0 Å². The average Bonchev–Trinajstić information content (AvgIpc) is 3.64. The molecule has 2 fully saturated rings. The van der Waals surface area contributed by atoms with Crippen LogP contribution in [-0.4, -0.2) is 43.6 Å². The number of ether oxygens (including phenoxy) is 3. The first kappa shape index (κ1) is 31.2. The quantitative estimate of drug-likeness (QED) is 0.183. The summed E-state index contributed by atoms with van der Waals surface area (Å²) in [7, 11) is 1.57. The van der Waals surface area contributed by atoms with Crippen molar-refractivity contribution in [3.8, 4) is 23.0 Å². The lowest BCUT2D eigenvalue weighted by molar-refractivity contribution is -0.122. The van der Waals surface area contributed by atoms with Crippen LogP contribution in [0.1, 0.15) is 26.7 Å². The summed E-state index contributed by atoms with van der Waals surface area (Å²) in [6, 6.07) is 14.8. The molecular formula is C35H36F2N4O5. The van der Waals surface area contributed by atoms with Gasteiger partial charge in [-0.1, -0.05) is 13.8 Å². The van der Waals surface area contributed by atoms with E-state index in [-0.39, 0.29) is 17.3 Å². The molecular weight excluding hydrogens is 594 g/mol. The second-order valence-corrected chi connectivity index (χ2v) is 12.3. The van der Waals surface area contributed by atoms with Crippen LogP contribution in [0.4, 0.5) is 20.2 Å². The molecule has 1 aliphatic heterocycles. The van der Waals surface area contributed by atoms with E-state index in [2.05, 4.69) is 20.9 Å². The fourth-order valence-corrected chi connectivity index (χ4v) is 6.12. The molecule has 6 rings (SSSR count). The highest BCUT2D eigenvalue weighted by atomic mass is 19.1. The average molecular weight is 631 g/mol. The van der Waals surface area contributed by atoms with Crippen molar-refractivity contribution in [2.45, 2.75) is 26.7 Å². The number of carbonyl (C=O) groups excluding carboxylic acids is 2. The first-order valence-corrected chi connectivity index (χ1v) is 15.3. The molecule has 0 unspecified atom stereocenters. The Morgan fingerprint density at radius 2 is 1.54 bits per heavy atom. The van der Waals surface area contributed by atoms with Gasteiger partial charge in [0.1, 0.15) is 11.6 Å². The maximum atomic E-state index is 15.3. The highest BCUT2D eigenvalue weighted by Crippen LogP contribution is 2.59. The Morgan fingerprint density at radius 3 is 2.22 bits per heavy atom. The standard InChI is InChI=1S/C35H36F2N4O5/c1-35(2)31(33(42)40-22-6-4-21(36)5-7-22)32(35)34(43)41-23-8-9-28(25(37)16-23)46-27-12-15-39-26-18-29(44-3)30(17-24(26)27)45-19-20-10-13-38-14-11-20/h4-9,12,15-18,20,31-32,38H,10-11,13-14,19H2,1-3H3,(H,40,42)(H,41,43)/t31-,32+/m0/s1. The minimum atomic E-state index is -0.681. The molecule has 11 heteroatoms. The van der Waals surface area contributed by atoms with Crippen molar-refractivity contribution in [3.05, 3.63) is 78.5 Å². The monoisotopic (exact) mass is 630 g/mol. The van der Waals surface area contributed by atoms with Crippen LogP contribution in [-0.2, 0) is 9.59 Å². The fourth-order valence-electron chi connectivity index (χ4n) is 6.12. The van der Waals surface area contributed by atoms with Crippen molar-refractivity contribution in [1.29, 1.82) is 0 Å². The summed E-state index contributed by atoms with van der Waals surface area (Å²) in [6.45, 7) is 6.13. The maximum Gasteiger partial charge on any atom is 0.228 e. The van der Waals surface area contributed by atoms with Crippen molar-refractivity contribution in [2.24, 2.45) is 23.2 Å². The molecule has 2 atom stereocenters. The number of hydrogen-bond acceptors (Lipinski definition) is 7. The van der Waals surface area contributed by atoms with Gasteiger partial charge in [-0.25, -0.2) is 8.78 Å². The number of halogens is 2. The third kappa shape index (κ3) is 6.60. The molecule has 3 N–H and O–H groups in total. The number of anilines is 2. The van der Waals surface area contributed by atoms with E-state index < -0.39 is 34.8 Å². The van der Waals surface area contributed by atoms with Crippen molar-refractivity contribution in [3.63, 3.8) is 0 Å². The van der Waals surface area contributed by atoms with Crippen molar-refractivity contribution < 1.29 is 32.6 Å². The summed E-state index contributed by atoms with van der Waals surface area (Å²) in [5, 5.41) is 9.44. The molecule has 1 saturated carbocycles. The minimum Gasteiger partial charge on any atom is -0.493 e. The highest BCUT2D eigenvalue weighted by molar-refractivity contribution is 6.04. The van der Waals surface area contributed by atoms with Gasteiger partial charge in [0.2, 0.25) is 11.8 Å². The number of nitrogens with one attached hydrogen (secondary N) is 3. The Balaban J connectivity index is 1.13. The molecule has 46 heavy (non-hydrogen) atoms. The Bertz CT molecular complexity index is 1760. The number of hydrogen-bond donors (Lipinski definition) is 3. The molecule has 0 spiro atoms. The highest BCUT2D eigenvalue weighted by Gasteiger charge is 2.65. The Hall–Kier alpha value is -4.77. The molecule has 2 heterocycles. The first-order chi connectivity index (χ1) is 22.1. The van der Waals surface area contributed by atoms with Crippen molar-refractivity contribution >= 4 is 34.1 Å². The Labute approximate surface area is 265 Å². The van der Waals surface area contributed by atoms with Gasteiger partial charge in [-0.2, -0.15) is 0 Å². The smallest absolute Gasteiger partial charge is 0.228 e. The topological polar surface area (TPSA) is 111 Å². The molecule has 3 aromatic carbocycles. The number of pyridine rings is 1. The van der Waals surface area contributed by atoms with Crippen LogP contribution in [0.2, 0.25) is 0 Å². The predicted molar refractivity (Wildman–Crippen MR) is 170 cm³/mol. The summed E-state index contributed by atoms with van der Waals surface area (Å²) < 4.78 is 46.3. The van der Waals surface area contributed by atoms with E-state index in [0.717, 1.165) is 25.9 Å². The van der Waals surface area contributed by atoms with Gasteiger partial charge in [-0.3, -0.25) is 14.6 Å². The molecule has 2 aliphatic rings. The molecule has 1 aliphatic carbocycles. The molecule has 0 radical (unpaired) electrons. The van der Waals surface area contributed by atoms with Crippen LogP contribution in [0.5, 0.6) is 23.0 Å². The zero-order chi connectivity index (χ0) is 32.4. The third-order valence-corrected chi connectivity index (χ3v) is 8.84. The molecule has 4 aromatic rings. The lowest BCUT2D eigenvalue weighted by Crippen LogP contribution is -2.30. The molecule has 240 valence electrons. The normalized spacial score (nSPS) is 18.9. The fraction of sp³-hybridized carbons (Fsp3) is 0.343. The van der Waals surface area contributed by atoms with E-state index in [1.807, 2.05) is 13.8 Å². The van der Waals surface area contributed by atoms with Crippen LogP contribution < -0.4 is 30.2 Å². The van der Waals surface area contributed by atoms with Gasteiger partial charge in [0.25, 0.3) is 0 Å². The van der Waals surface area contributed by atoms with Crippen LogP contribution in [0.3, 0.4) is 0 Å². The maximum absolute atomic E-state index is 15.3. The second-order valence-electron chi connectivity index (χ2n) is 12.3. The van der Waals surface area contributed by atoms with E-state index >= 15 is 4.39 Å². The number of benzene rings is 3. The summed E-state index contributed by atoms with van der Waals surface area (Å²) in [5.74, 6) is -1.18. The lowest BCUT2D eigenvalue weighted by atomic mass is 9.99. The number of nitrogens with zero attached hydrogens (tertiary/aromatic N) is 1. The summed E-state index contributed by atoms with van der Waals surface area (Å²) in [6.07, 6.45) is 3.64. The van der Waals surface area contributed by atoms with E-state index in [0.29, 0.717) is 46.4 Å². The predicted octanol–water partition coefficient (Wildman–Crippen LogP) is 6.54. The van der Waals surface area contributed by atoms with Crippen molar-refractivity contribution in [1.82, 2.24) is 10.3 Å². The molecule has 1 aromatic heterocycles. The van der Waals surface area contributed by atoms with Gasteiger partial charge in [0.05, 0.1) is 31.1 Å². The minimum absolute atomic E-state index is 0.0400. The third-order valence-electron chi connectivity index (χ3n) is 8.84. The van der Waals surface area contributed by atoms with E-state index in [4.69, 9.17) is 14.2 Å². The number of fused-ring (bicyclic) bond motifs is 1. The zero-order valence-corrected chi connectivity index (χ0v) is 25.9. The molecule has 1 saturated heterocycles. The zero-order valence-electron chi connectivity index (χ0n) is 25.9. The Morgan fingerprint density at radius 1 is 0.870 bits per heavy atom. The number of aromatic nitrogens is 1. The van der Waals surface area contributed by atoms with Crippen LogP contribution in [0.25, 0.3) is 10.9 Å². The van der Waals surface area contributed by atoms with Gasteiger partial charge in [-0.05, 0) is 85.8 Å². The van der Waals surface area contributed by atoms with Crippen LogP contribution in [0, 0.1) is 34.8 Å². The number of amides is 2. The SMILES string of the molecule is COc1cc2nccc(Oc3ccc(NC(=O)[C@H]4[C@@H](C(=O)Nc5ccc(F)cc5)C4(C)C)cc3F)c2cc1OCC1CCNCC1. The number of piperidine rings is 1. The van der Waals surface area contributed by atoms with Gasteiger partial charge in [0.15, 0.2) is 23.1 Å². The first-order valence-electron chi connectivity index (χ1n) is 15.3. The van der Waals surface area contributed by atoms with Gasteiger partial charge < -0.3 is 30.2 Å². The second kappa shape index (κ2) is 12.9.